The number of rotatable bonds is 4. The van der Waals surface area contributed by atoms with Crippen molar-refractivity contribution in [2.24, 2.45) is 0 Å². The molecule has 1 rings (SSSR count). The lowest BCUT2D eigenvalue weighted by molar-refractivity contribution is -0.137. The molecule has 0 aliphatic heterocycles. The fraction of sp³-hybridized carbons (Fsp3) is 0.385. The molecule has 0 unspecified atom stereocenters. The Bertz CT molecular complexity index is 480. The van der Waals surface area contributed by atoms with Crippen molar-refractivity contribution < 1.29 is 19.4 Å². The second kappa shape index (κ2) is 6.00. The zero-order valence-electron chi connectivity index (χ0n) is 10.5. The standard InChI is InChI=1S/C13H15BrO4/c1-4-18-13(17)12(16)9-5-10(14)8(7(2)3)6-11(9)15/h5-7,15H,4H2,1-3H3. The van der Waals surface area contributed by atoms with Crippen LogP contribution in [0.25, 0.3) is 0 Å². The van der Waals surface area contributed by atoms with Crippen LogP contribution in [0.3, 0.4) is 0 Å². The lowest BCUT2D eigenvalue weighted by Crippen LogP contribution is -2.17. The molecule has 4 nitrogen and oxygen atoms in total. The summed E-state index contributed by atoms with van der Waals surface area (Å²) in [4.78, 5) is 23.1. The van der Waals surface area contributed by atoms with Crippen molar-refractivity contribution in [2.75, 3.05) is 6.61 Å². The molecule has 0 atom stereocenters. The number of aromatic hydroxyl groups is 1. The van der Waals surface area contributed by atoms with Crippen LogP contribution in [0.5, 0.6) is 5.75 Å². The molecular weight excluding hydrogens is 300 g/mol. The summed E-state index contributed by atoms with van der Waals surface area (Å²) in [6.07, 6.45) is 0. The van der Waals surface area contributed by atoms with Gasteiger partial charge in [0.2, 0.25) is 0 Å². The van der Waals surface area contributed by atoms with Gasteiger partial charge in [0.05, 0.1) is 12.2 Å². The number of esters is 1. The highest BCUT2D eigenvalue weighted by atomic mass is 79.9. The van der Waals surface area contributed by atoms with E-state index in [1.165, 1.54) is 12.1 Å². The van der Waals surface area contributed by atoms with Gasteiger partial charge in [-0.3, -0.25) is 4.79 Å². The van der Waals surface area contributed by atoms with Gasteiger partial charge in [0.1, 0.15) is 5.75 Å². The normalized spacial score (nSPS) is 10.5. The molecule has 0 fully saturated rings. The first-order valence-electron chi connectivity index (χ1n) is 5.62. The molecule has 0 saturated carbocycles. The number of halogens is 1. The maximum absolute atomic E-state index is 11.7. The van der Waals surface area contributed by atoms with Crippen LogP contribution in [-0.4, -0.2) is 23.5 Å². The maximum atomic E-state index is 11.7. The third kappa shape index (κ3) is 3.10. The number of carbonyl (C=O) groups is 2. The van der Waals surface area contributed by atoms with E-state index in [-0.39, 0.29) is 23.8 Å². The molecule has 98 valence electrons. The molecule has 18 heavy (non-hydrogen) atoms. The summed E-state index contributed by atoms with van der Waals surface area (Å²) < 4.78 is 5.30. The van der Waals surface area contributed by atoms with Crippen LogP contribution in [-0.2, 0) is 9.53 Å². The van der Waals surface area contributed by atoms with E-state index >= 15 is 0 Å². The summed E-state index contributed by atoms with van der Waals surface area (Å²) in [7, 11) is 0. The number of hydrogen-bond donors (Lipinski definition) is 1. The summed E-state index contributed by atoms with van der Waals surface area (Å²) in [6.45, 7) is 5.66. The SMILES string of the molecule is CCOC(=O)C(=O)c1cc(Br)c(C(C)C)cc1O. The van der Waals surface area contributed by atoms with Crippen molar-refractivity contribution in [3.05, 3.63) is 27.7 Å². The van der Waals surface area contributed by atoms with Crippen LogP contribution in [0, 0.1) is 0 Å². The Balaban J connectivity index is 3.16. The summed E-state index contributed by atoms with van der Waals surface area (Å²) in [5.41, 5.74) is 0.817. The highest BCUT2D eigenvalue weighted by Crippen LogP contribution is 2.31. The molecule has 0 aliphatic carbocycles. The van der Waals surface area contributed by atoms with Crippen molar-refractivity contribution in [2.45, 2.75) is 26.7 Å². The Morgan fingerprint density at radius 1 is 1.39 bits per heavy atom. The average molecular weight is 315 g/mol. The number of ether oxygens (including phenoxy) is 1. The molecule has 0 aromatic heterocycles. The fourth-order valence-corrected chi connectivity index (χ4v) is 2.31. The van der Waals surface area contributed by atoms with Crippen LogP contribution >= 0.6 is 15.9 Å². The minimum Gasteiger partial charge on any atom is -0.507 e. The number of ketones is 1. The van der Waals surface area contributed by atoms with Gasteiger partial charge in [-0.05, 0) is 30.5 Å². The Morgan fingerprint density at radius 3 is 2.50 bits per heavy atom. The van der Waals surface area contributed by atoms with Gasteiger partial charge in [-0.15, -0.1) is 0 Å². The first kappa shape index (κ1) is 14.7. The minimum absolute atomic E-state index is 0.0512. The molecule has 0 spiro atoms. The number of benzene rings is 1. The second-order valence-corrected chi connectivity index (χ2v) is 4.95. The zero-order chi connectivity index (χ0) is 13.9. The van der Waals surface area contributed by atoms with E-state index in [0.717, 1.165) is 5.56 Å². The van der Waals surface area contributed by atoms with E-state index in [0.29, 0.717) is 4.47 Å². The van der Waals surface area contributed by atoms with Crippen LogP contribution in [0.2, 0.25) is 0 Å². The number of phenolic OH excluding ortho intramolecular Hbond substituents is 1. The Kier molecular flexibility index (Phi) is 4.90. The van der Waals surface area contributed by atoms with E-state index < -0.39 is 11.8 Å². The van der Waals surface area contributed by atoms with Gasteiger partial charge in [-0.1, -0.05) is 29.8 Å². The second-order valence-electron chi connectivity index (χ2n) is 4.10. The zero-order valence-corrected chi connectivity index (χ0v) is 12.1. The fourth-order valence-electron chi connectivity index (χ4n) is 1.51. The van der Waals surface area contributed by atoms with Gasteiger partial charge < -0.3 is 9.84 Å². The molecule has 0 saturated heterocycles. The summed E-state index contributed by atoms with van der Waals surface area (Å²) in [5, 5.41) is 9.80. The molecule has 1 aromatic rings. The van der Waals surface area contributed by atoms with Gasteiger partial charge in [0.15, 0.2) is 0 Å². The summed E-state index contributed by atoms with van der Waals surface area (Å²) >= 11 is 3.32. The molecule has 1 N–H and O–H groups in total. The maximum Gasteiger partial charge on any atom is 0.379 e. The molecule has 1 aromatic carbocycles. The van der Waals surface area contributed by atoms with Gasteiger partial charge in [0.25, 0.3) is 5.78 Å². The smallest absolute Gasteiger partial charge is 0.379 e. The van der Waals surface area contributed by atoms with Crippen LogP contribution in [0.1, 0.15) is 42.6 Å². The van der Waals surface area contributed by atoms with Gasteiger partial charge >= 0.3 is 5.97 Å². The highest BCUT2D eigenvalue weighted by molar-refractivity contribution is 9.10. The lowest BCUT2D eigenvalue weighted by Gasteiger charge is -2.11. The Hall–Kier alpha value is -1.36. The number of phenols is 1. The first-order chi connectivity index (χ1) is 8.38. The van der Waals surface area contributed by atoms with Crippen molar-refractivity contribution in [3.63, 3.8) is 0 Å². The van der Waals surface area contributed by atoms with Gasteiger partial charge in [-0.25, -0.2) is 4.79 Å². The van der Waals surface area contributed by atoms with Crippen LogP contribution in [0.15, 0.2) is 16.6 Å². The molecule has 0 amide bonds. The molecule has 5 heteroatoms. The number of carbonyl (C=O) groups excluding carboxylic acids is 2. The van der Waals surface area contributed by atoms with E-state index in [1.807, 2.05) is 13.8 Å². The summed E-state index contributed by atoms with van der Waals surface area (Å²) in [6, 6.07) is 2.94. The third-order valence-corrected chi connectivity index (χ3v) is 3.13. The van der Waals surface area contributed by atoms with Gasteiger partial charge in [-0.2, -0.15) is 0 Å². The van der Waals surface area contributed by atoms with E-state index in [4.69, 9.17) is 0 Å². The molecule has 0 bridgehead atoms. The monoisotopic (exact) mass is 314 g/mol. The van der Waals surface area contributed by atoms with Crippen molar-refractivity contribution in [1.82, 2.24) is 0 Å². The first-order valence-corrected chi connectivity index (χ1v) is 6.41. The Morgan fingerprint density at radius 2 is 2.00 bits per heavy atom. The predicted molar refractivity (Wildman–Crippen MR) is 70.9 cm³/mol. The third-order valence-electron chi connectivity index (χ3n) is 2.44. The molecule has 0 radical (unpaired) electrons. The quantitative estimate of drug-likeness (QED) is 0.527. The van der Waals surface area contributed by atoms with Crippen molar-refractivity contribution in [3.8, 4) is 5.75 Å². The average Bonchev–Trinajstić information content (AvgIpc) is 2.30. The lowest BCUT2D eigenvalue weighted by atomic mass is 9.99. The number of Topliss-reactive ketones (excluding diaryl/α,β-unsaturated/α-hetero) is 1. The van der Waals surface area contributed by atoms with Crippen LogP contribution in [0.4, 0.5) is 0 Å². The minimum atomic E-state index is -0.961. The predicted octanol–water partition coefficient (Wildman–Crippen LogP) is 3.02. The van der Waals surface area contributed by atoms with E-state index in [1.54, 1.807) is 6.92 Å². The van der Waals surface area contributed by atoms with Crippen molar-refractivity contribution in [1.29, 1.82) is 0 Å². The van der Waals surface area contributed by atoms with Gasteiger partial charge in [0, 0.05) is 4.47 Å². The molecule has 0 heterocycles. The topological polar surface area (TPSA) is 63.6 Å². The van der Waals surface area contributed by atoms with Crippen LogP contribution < -0.4 is 0 Å². The van der Waals surface area contributed by atoms with Crippen molar-refractivity contribution >= 4 is 27.7 Å². The highest BCUT2D eigenvalue weighted by Gasteiger charge is 2.22. The Labute approximate surface area is 114 Å². The molecular formula is C13H15BrO4. The largest absolute Gasteiger partial charge is 0.507 e. The van der Waals surface area contributed by atoms with E-state index in [2.05, 4.69) is 20.7 Å². The van der Waals surface area contributed by atoms with E-state index in [9.17, 15) is 14.7 Å². The summed E-state index contributed by atoms with van der Waals surface area (Å²) in [5.74, 6) is -1.82. The molecule has 0 aliphatic rings. The number of hydrogen-bond acceptors (Lipinski definition) is 4.